The Morgan fingerprint density at radius 3 is 3.17 bits per heavy atom. The normalized spacial score (nSPS) is 9.50. The number of hydrogen-bond donors (Lipinski definition) is 1. The van der Waals surface area contributed by atoms with Gasteiger partial charge in [-0.1, -0.05) is 5.16 Å². The molecule has 0 radical (unpaired) electrons. The molecule has 1 aromatic rings. The molecule has 0 spiro atoms. The van der Waals surface area contributed by atoms with Crippen LogP contribution in [0, 0.1) is 0 Å². The summed E-state index contributed by atoms with van der Waals surface area (Å²) in [7, 11) is 0. The Morgan fingerprint density at radius 1 is 1.92 bits per heavy atom. The molecule has 0 saturated carbocycles. The van der Waals surface area contributed by atoms with E-state index < -0.39 is 5.97 Å². The van der Waals surface area contributed by atoms with E-state index in [4.69, 9.17) is 0 Å². The number of anilines is 1. The number of nitrogens with one attached hydrogen (secondary N) is 1. The Hall–Kier alpha value is -0.790. The van der Waals surface area contributed by atoms with Gasteiger partial charge in [0, 0.05) is 6.07 Å². The SMILES string of the molecule is CCOC(=O)c1cc(NI)no1. The highest BCUT2D eigenvalue weighted by molar-refractivity contribution is 14.1. The lowest BCUT2D eigenvalue weighted by molar-refractivity contribution is 0.0480. The fourth-order valence-corrected chi connectivity index (χ4v) is 0.872. The third-order valence-corrected chi connectivity index (χ3v) is 1.64. The number of halogens is 1. The van der Waals surface area contributed by atoms with Crippen molar-refractivity contribution in [2.75, 3.05) is 10.1 Å². The number of esters is 1. The van der Waals surface area contributed by atoms with Gasteiger partial charge in [-0.2, -0.15) is 0 Å². The molecular formula is C6H7IN2O3. The highest BCUT2D eigenvalue weighted by Gasteiger charge is 2.12. The zero-order chi connectivity index (χ0) is 8.97. The molecule has 0 saturated heterocycles. The van der Waals surface area contributed by atoms with Crippen LogP contribution in [0.2, 0.25) is 0 Å². The number of carbonyl (C=O) groups excluding carboxylic acids is 1. The van der Waals surface area contributed by atoms with Crippen molar-refractivity contribution in [1.82, 2.24) is 5.16 Å². The van der Waals surface area contributed by atoms with Gasteiger partial charge in [0.1, 0.15) is 0 Å². The Balaban J connectivity index is 2.68. The highest BCUT2D eigenvalue weighted by Crippen LogP contribution is 2.10. The molecule has 1 rings (SSSR count). The molecule has 0 aliphatic rings. The maximum atomic E-state index is 11.0. The maximum absolute atomic E-state index is 11.0. The lowest BCUT2D eigenvalue weighted by atomic mass is 10.4. The maximum Gasteiger partial charge on any atom is 0.377 e. The molecule has 1 aromatic heterocycles. The summed E-state index contributed by atoms with van der Waals surface area (Å²) < 4.78 is 12.1. The van der Waals surface area contributed by atoms with Gasteiger partial charge in [0.15, 0.2) is 5.82 Å². The first kappa shape index (κ1) is 9.30. The van der Waals surface area contributed by atoms with Crippen LogP contribution in [0.25, 0.3) is 0 Å². The van der Waals surface area contributed by atoms with Crippen LogP contribution < -0.4 is 3.53 Å². The van der Waals surface area contributed by atoms with Crippen molar-refractivity contribution in [3.8, 4) is 0 Å². The summed E-state index contributed by atoms with van der Waals surface area (Å²) in [6.45, 7) is 2.05. The zero-order valence-electron chi connectivity index (χ0n) is 6.33. The summed E-state index contributed by atoms with van der Waals surface area (Å²) in [4.78, 5) is 11.0. The van der Waals surface area contributed by atoms with Gasteiger partial charge in [-0.05, 0) is 6.92 Å². The highest BCUT2D eigenvalue weighted by atomic mass is 127. The number of hydrogen-bond acceptors (Lipinski definition) is 5. The van der Waals surface area contributed by atoms with Crippen LogP contribution in [0.5, 0.6) is 0 Å². The minimum Gasteiger partial charge on any atom is -0.460 e. The molecule has 0 aliphatic heterocycles. The van der Waals surface area contributed by atoms with Crippen LogP contribution in [0.4, 0.5) is 5.82 Å². The summed E-state index contributed by atoms with van der Waals surface area (Å²) in [5.41, 5.74) is 0. The van der Waals surface area contributed by atoms with Gasteiger partial charge in [-0.3, -0.25) is 0 Å². The lowest BCUT2D eigenvalue weighted by Crippen LogP contribution is -2.02. The second-order valence-corrected chi connectivity index (χ2v) is 2.43. The molecule has 0 fully saturated rings. The number of aromatic nitrogens is 1. The Kier molecular flexibility index (Phi) is 3.32. The molecule has 6 heteroatoms. The van der Waals surface area contributed by atoms with Crippen LogP contribution in [0.3, 0.4) is 0 Å². The smallest absolute Gasteiger partial charge is 0.377 e. The summed E-state index contributed by atoms with van der Waals surface area (Å²) in [6.07, 6.45) is 0. The third-order valence-electron chi connectivity index (χ3n) is 1.08. The average Bonchev–Trinajstić information content (AvgIpc) is 2.52. The summed E-state index contributed by atoms with van der Waals surface area (Å²) in [6, 6.07) is 1.48. The minimum atomic E-state index is -0.497. The molecule has 0 bridgehead atoms. The molecular weight excluding hydrogens is 275 g/mol. The fourth-order valence-electron chi connectivity index (χ4n) is 0.618. The molecule has 1 heterocycles. The van der Waals surface area contributed by atoms with E-state index in [1.54, 1.807) is 6.92 Å². The summed E-state index contributed by atoms with van der Waals surface area (Å²) in [5.74, 6) is 0.109. The van der Waals surface area contributed by atoms with E-state index in [0.29, 0.717) is 12.4 Å². The van der Waals surface area contributed by atoms with E-state index in [0.717, 1.165) is 0 Å². The first-order valence-electron chi connectivity index (χ1n) is 3.28. The zero-order valence-corrected chi connectivity index (χ0v) is 8.49. The van der Waals surface area contributed by atoms with Crippen molar-refractivity contribution in [1.29, 1.82) is 0 Å². The molecule has 0 amide bonds. The van der Waals surface area contributed by atoms with Crippen molar-refractivity contribution in [2.24, 2.45) is 0 Å². The molecule has 1 N–H and O–H groups in total. The van der Waals surface area contributed by atoms with E-state index in [2.05, 4.69) is 17.9 Å². The van der Waals surface area contributed by atoms with Crippen LogP contribution in [-0.2, 0) is 4.74 Å². The number of nitrogens with zero attached hydrogens (tertiary/aromatic N) is 1. The van der Waals surface area contributed by atoms with E-state index in [9.17, 15) is 4.79 Å². The van der Waals surface area contributed by atoms with Gasteiger partial charge >= 0.3 is 5.97 Å². The lowest BCUT2D eigenvalue weighted by Gasteiger charge is -1.93. The largest absolute Gasteiger partial charge is 0.460 e. The molecule has 12 heavy (non-hydrogen) atoms. The molecule has 0 aliphatic carbocycles. The minimum absolute atomic E-state index is 0.107. The van der Waals surface area contributed by atoms with Crippen LogP contribution in [-0.4, -0.2) is 17.7 Å². The van der Waals surface area contributed by atoms with Crippen molar-refractivity contribution >= 4 is 34.7 Å². The second kappa shape index (κ2) is 4.29. The van der Waals surface area contributed by atoms with Gasteiger partial charge in [0.2, 0.25) is 5.76 Å². The van der Waals surface area contributed by atoms with Crippen molar-refractivity contribution in [2.45, 2.75) is 6.92 Å². The molecule has 5 nitrogen and oxygen atoms in total. The van der Waals surface area contributed by atoms with Gasteiger partial charge in [-0.25, -0.2) is 4.79 Å². The first-order chi connectivity index (χ1) is 5.77. The predicted molar refractivity (Wildman–Crippen MR) is 50.1 cm³/mol. The van der Waals surface area contributed by atoms with E-state index in [1.807, 2.05) is 22.9 Å². The van der Waals surface area contributed by atoms with Crippen LogP contribution in [0.1, 0.15) is 17.5 Å². The first-order valence-corrected chi connectivity index (χ1v) is 4.36. The topological polar surface area (TPSA) is 64.4 Å². The number of carbonyl (C=O) groups is 1. The number of ether oxygens (including phenoxy) is 1. The van der Waals surface area contributed by atoms with Gasteiger partial charge < -0.3 is 12.8 Å². The summed E-state index contributed by atoms with van der Waals surface area (Å²) in [5, 5.41) is 3.54. The average molecular weight is 282 g/mol. The monoisotopic (exact) mass is 282 g/mol. The van der Waals surface area contributed by atoms with Crippen molar-refractivity contribution in [3.05, 3.63) is 11.8 Å². The standard InChI is InChI=1S/C6H7IN2O3/c1-2-11-6(10)4-3-5(8-7)9-12-4/h3H,2H2,1H3,(H,8,9). The third kappa shape index (κ3) is 2.10. The summed E-state index contributed by atoms with van der Waals surface area (Å²) >= 11 is 1.89. The van der Waals surface area contributed by atoms with Crippen LogP contribution in [0.15, 0.2) is 10.6 Å². The quantitative estimate of drug-likeness (QED) is 0.518. The van der Waals surface area contributed by atoms with Crippen molar-refractivity contribution < 1.29 is 14.1 Å². The molecule has 0 aromatic carbocycles. The predicted octanol–water partition coefficient (Wildman–Crippen LogP) is 1.61. The van der Waals surface area contributed by atoms with E-state index in [1.165, 1.54) is 6.07 Å². The van der Waals surface area contributed by atoms with Crippen LogP contribution >= 0.6 is 22.9 Å². The Labute approximate surface area is 82.9 Å². The van der Waals surface area contributed by atoms with Gasteiger partial charge in [0.05, 0.1) is 29.5 Å². The van der Waals surface area contributed by atoms with Gasteiger partial charge in [-0.15, -0.1) is 0 Å². The van der Waals surface area contributed by atoms with Gasteiger partial charge in [0.25, 0.3) is 0 Å². The fraction of sp³-hybridized carbons (Fsp3) is 0.333. The van der Waals surface area contributed by atoms with E-state index in [-0.39, 0.29) is 5.76 Å². The van der Waals surface area contributed by atoms with E-state index >= 15 is 0 Å². The molecule has 0 atom stereocenters. The molecule has 66 valence electrons. The van der Waals surface area contributed by atoms with Crippen molar-refractivity contribution in [3.63, 3.8) is 0 Å². The number of rotatable bonds is 3. The Bertz CT molecular complexity index is 274. The second-order valence-electron chi connectivity index (χ2n) is 1.89. The Morgan fingerprint density at radius 2 is 2.67 bits per heavy atom. The molecule has 0 unspecified atom stereocenters.